The van der Waals surface area contributed by atoms with Crippen molar-refractivity contribution < 1.29 is 41.8 Å². The molecule has 1 heterocycles. The fourth-order valence-corrected chi connectivity index (χ4v) is 2.22. The van der Waals surface area contributed by atoms with Crippen LogP contribution in [0.3, 0.4) is 0 Å². The monoisotopic (exact) mass is 379 g/mol. The van der Waals surface area contributed by atoms with Crippen LogP contribution in [0.1, 0.15) is 12.5 Å². The van der Waals surface area contributed by atoms with Gasteiger partial charge in [-0.2, -0.15) is 12.2 Å². The molecule has 1 aromatic carbocycles. The van der Waals surface area contributed by atoms with Crippen LogP contribution in [0.4, 0.5) is 4.39 Å². The summed E-state index contributed by atoms with van der Waals surface area (Å²) in [5.74, 6) is 0.677. The molecule has 0 saturated carbocycles. The van der Waals surface area contributed by atoms with Gasteiger partial charge in [0.05, 0.1) is 11.6 Å². The number of ether oxygens (including phenoxy) is 1. The quantitative estimate of drug-likeness (QED) is 0.578. The maximum absolute atomic E-state index is 14.2. The first-order valence-electron chi connectivity index (χ1n) is 6.20. The number of likely N-dealkylation sites (N-methyl/N-ethyl adjacent to an activating group) is 1. The third kappa shape index (κ3) is 3.99. The average Bonchev–Trinajstić information content (AvgIpc) is 2.44. The van der Waals surface area contributed by atoms with Crippen LogP contribution in [0, 0.1) is 11.9 Å². The smallest absolute Gasteiger partial charge is 0.132 e. The van der Waals surface area contributed by atoms with Crippen LogP contribution in [-0.4, -0.2) is 24.1 Å². The van der Waals surface area contributed by atoms with E-state index in [-0.39, 0.29) is 38.5 Å². The van der Waals surface area contributed by atoms with E-state index in [1.54, 1.807) is 23.9 Å². The van der Waals surface area contributed by atoms with Crippen molar-refractivity contribution in [3.8, 4) is 5.75 Å². The summed E-state index contributed by atoms with van der Waals surface area (Å²) in [6.07, 6.45) is 6.87. The maximum atomic E-state index is 14.2. The minimum absolute atomic E-state index is 0. The SMILES string of the molecule is C=C1C(C)=C[C-]=C(c2c(F)cccc2OCSC)N1C.[Y]. The Morgan fingerprint density at radius 3 is 2.81 bits per heavy atom. The van der Waals surface area contributed by atoms with Gasteiger partial charge in [-0.3, -0.25) is 0 Å². The molecule has 0 bridgehead atoms. The van der Waals surface area contributed by atoms with E-state index in [0.717, 1.165) is 11.3 Å². The zero-order valence-corrected chi connectivity index (χ0v) is 16.1. The van der Waals surface area contributed by atoms with Crippen molar-refractivity contribution in [3.63, 3.8) is 0 Å². The number of nitrogens with zero attached hydrogens (tertiary/aromatic N) is 1. The Kier molecular flexibility index (Phi) is 7.18. The summed E-state index contributed by atoms with van der Waals surface area (Å²) in [5, 5.41) is 0. The minimum Gasteiger partial charge on any atom is -0.495 e. The predicted octanol–water partition coefficient (Wildman–Crippen LogP) is 4.07. The van der Waals surface area contributed by atoms with E-state index in [4.69, 9.17) is 4.74 Å². The second kappa shape index (κ2) is 8.16. The molecule has 21 heavy (non-hydrogen) atoms. The molecule has 2 nitrogen and oxygen atoms in total. The Morgan fingerprint density at radius 2 is 2.14 bits per heavy atom. The van der Waals surface area contributed by atoms with Crippen molar-refractivity contribution >= 4 is 17.5 Å². The molecule has 0 unspecified atom stereocenters. The van der Waals surface area contributed by atoms with Gasteiger partial charge in [0.15, 0.2) is 0 Å². The zero-order valence-electron chi connectivity index (χ0n) is 12.4. The van der Waals surface area contributed by atoms with Crippen LogP contribution in [0.5, 0.6) is 5.75 Å². The summed E-state index contributed by atoms with van der Waals surface area (Å²) in [6.45, 7) is 5.96. The molecule has 0 N–H and O–H groups in total. The Hall–Kier alpha value is -0.576. The zero-order chi connectivity index (χ0) is 14.7. The Morgan fingerprint density at radius 1 is 1.43 bits per heavy atom. The molecule has 1 aliphatic heterocycles. The van der Waals surface area contributed by atoms with Gasteiger partial charge in [-0.25, -0.2) is 4.39 Å². The van der Waals surface area contributed by atoms with Crippen LogP contribution in [0.15, 0.2) is 42.1 Å². The Bertz CT molecular complexity index is 598. The van der Waals surface area contributed by atoms with Gasteiger partial charge < -0.3 is 9.64 Å². The normalized spacial score (nSPS) is 14.3. The molecule has 0 atom stereocenters. The van der Waals surface area contributed by atoms with Crippen LogP contribution < -0.4 is 4.74 Å². The summed E-state index contributed by atoms with van der Waals surface area (Å²) in [7, 11) is 1.85. The first kappa shape index (κ1) is 18.5. The fraction of sp³-hybridized carbons (Fsp3) is 0.250. The molecule has 0 spiro atoms. The van der Waals surface area contributed by atoms with E-state index in [1.165, 1.54) is 6.07 Å². The molecule has 2 rings (SSSR count). The molecule has 1 aliphatic rings. The number of rotatable bonds is 4. The summed E-state index contributed by atoms with van der Waals surface area (Å²) < 4.78 is 19.9. The number of halogens is 1. The maximum Gasteiger partial charge on any atom is 0.132 e. The third-order valence-electron chi connectivity index (χ3n) is 3.17. The topological polar surface area (TPSA) is 12.5 Å². The van der Waals surface area contributed by atoms with Crippen molar-refractivity contribution in [2.45, 2.75) is 6.92 Å². The number of hydrogen-bond acceptors (Lipinski definition) is 3. The van der Waals surface area contributed by atoms with Gasteiger partial charge in [-0.15, -0.1) is 17.3 Å². The van der Waals surface area contributed by atoms with E-state index < -0.39 is 0 Å². The number of hydrogen-bond donors (Lipinski definition) is 0. The fourth-order valence-electron chi connectivity index (χ4n) is 1.97. The van der Waals surface area contributed by atoms with Gasteiger partial charge >= 0.3 is 0 Å². The van der Waals surface area contributed by atoms with Crippen LogP contribution in [0.2, 0.25) is 0 Å². The van der Waals surface area contributed by atoms with Crippen molar-refractivity contribution in [1.82, 2.24) is 4.90 Å². The van der Waals surface area contributed by atoms with Gasteiger partial charge in [-0.05, 0) is 29.6 Å². The number of thioether (sulfide) groups is 1. The summed E-state index contributed by atoms with van der Waals surface area (Å²) in [5.41, 5.74) is 2.90. The molecule has 1 aromatic rings. The van der Waals surface area contributed by atoms with Gasteiger partial charge in [0.2, 0.25) is 0 Å². The molecule has 0 fully saturated rings. The van der Waals surface area contributed by atoms with Crippen LogP contribution >= 0.6 is 11.8 Å². The third-order valence-corrected chi connectivity index (χ3v) is 3.52. The summed E-state index contributed by atoms with van der Waals surface area (Å²) >= 11 is 1.54. The molecule has 0 saturated heterocycles. The van der Waals surface area contributed by atoms with Gasteiger partial charge in [-0.1, -0.05) is 25.3 Å². The molecule has 0 amide bonds. The first-order chi connectivity index (χ1) is 9.56. The number of benzene rings is 1. The second-order valence-corrected chi connectivity index (χ2v) is 5.30. The Labute approximate surface area is 155 Å². The van der Waals surface area contributed by atoms with Crippen molar-refractivity contribution in [3.05, 3.63) is 59.6 Å². The van der Waals surface area contributed by atoms with Gasteiger partial charge in [0, 0.05) is 39.8 Å². The summed E-state index contributed by atoms with van der Waals surface area (Å²) in [6, 6.07) is 4.84. The molecule has 1 radical (unpaired) electrons. The van der Waals surface area contributed by atoms with E-state index >= 15 is 0 Å². The van der Waals surface area contributed by atoms with Gasteiger partial charge in [0.25, 0.3) is 0 Å². The van der Waals surface area contributed by atoms with E-state index in [9.17, 15) is 4.39 Å². The molecule has 0 aliphatic carbocycles. The van der Waals surface area contributed by atoms with Crippen molar-refractivity contribution in [2.24, 2.45) is 0 Å². The first-order valence-corrected chi connectivity index (χ1v) is 7.59. The molecule has 5 heteroatoms. The molecule has 109 valence electrons. The predicted molar refractivity (Wildman–Crippen MR) is 82.7 cm³/mol. The standard InChI is InChI=1S/C16H17FNOS.Y/c1-11-8-9-14(18(3)12(11)2)16-13(17)6-5-7-15(16)19-10-20-4;/h5-8H,2,10H2,1,3-4H3;/q-1;. The average molecular weight is 379 g/mol. The van der Waals surface area contributed by atoms with E-state index in [0.29, 0.717) is 22.9 Å². The second-order valence-electron chi connectivity index (χ2n) is 4.49. The summed E-state index contributed by atoms with van der Waals surface area (Å²) in [4.78, 5) is 1.83. The molecule has 0 aromatic heterocycles. The molecular formula is C16H17FNOSY-. The van der Waals surface area contributed by atoms with Crippen LogP contribution in [-0.2, 0) is 32.7 Å². The van der Waals surface area contributed by atoms with E-state index in [2.05, 4.69) is 12.7 Å². The van der Waals surface area contributed by atoms with Gasteiger partial charge in [0.1, 0.15) is 5.94 Å². The van der Waals surface area contributed by atoms with E-state index in [1.807, 2.05) is 31.2 Å². The van der Waals surface area contributed by atoms with Crippen molar-refractivity contribution in [1.29, 1.82) is 0 Å². The van der Waals surface area contributed by atoms with Crippen molar-refractivity contribution in [2.75, 3.05) is 19.2 Å². The van der Waals surface area contributed by atoms with Crippen LogP contribution in [0.25, 0.3) is 5.70 Å². The molecular weight excluding hydrogens is 362 g/mol. The number of allylic oxidation sites excluding steroid dienone is 3. The minimum atomic E-state index is -0.321. The Balaban J connectivity index is 0.00000220. The largest absolute Gasteiger partial charge is 0.495 e.